The standard InChI is InChI=1S/C24H33N3O5/c1-24(2,3)32-23(30)27-14-18(15-27)26-12-10-17(11-13-26)16-4-6-19(7-5-16)31-20-8-9-21(28)25-22(20)29/h4-7,17-18,20H,8-15H2,1-3H3,(H,25,28,29). The Bertz CT molecular complexity index is 849. The number of imide groups is 1. The number of benzene rings is 1. The molecule has 3 amide bonds. The van der Waals surface area contributed by atoms with Crippen LogP contribution in [0.4, 0.5) is 4.79 Å². The molecule has 8 heteroatoms. The average Bonchev–Trinajstić information content (AvgIpc) is 2.69. The fourth-order valence-corrected chi connectivity index (χ4v) is 4.53. The minimum Gasteiger partial charge on any atom is -0.481 e. The van der Waals surface area contributed by atoms with Crippen LogP contribution in [0, 0.1) is 0 Å². The van der Waals surface area contributed by atoms with E-state index in [0.717, 1.165) is 39.0 Å². The molecular formula is C24H33N3O5. The van der Waals surface area contributed by atoms with Gasteiger partial charge in [0.25, 0.3) is 5.91 Å². The van der Waals surface area contributed by atoms with E-state index in [4.69, 9.17) is 9.47 Å². The first-order valence-corrected chi connectivity index (χ1v) is 11.5. The number of nitrogens with zero attached hydrogens (tertiary/aromatic N) is 2. The van der Waals surface area contributed by atoms with E-state index in [0.29, 0.717) is 30.6 Å². The molecule has 4 rings (SSSR count). The summed E-state index contributed by atoms with van der Waals surface area (Å²) in [5.41, 5.74) is 0.826. The summed E-state index contributed by atoms with van der Waals surface area (Å²) in [6.45, 7) is 9.19. The largest absolute Gasteiger partial charge is 0.481 e. The van der Waals surface area contributed by atoms with E-state index in [1.165, 1.54) is 5.56 Å². The molecule has 1 aromatic rings. The van der Waals surface area contributed by atoms with Gasteiger partial charge in [0.2, 0.25) is 5.91 Å². The van der Waals surface area contributed by atoms with Gasteiger partial charge in [0, 0.05) is 32.0 Å². The Morgan fingerprint density at radius 1 is 1.03 bits per heavy atom. The fraction of sp³-hybridized carbons (Fsp3) is 0.625. The van der Waals surface area contributed by atoms with E-state index in [-0.39, 0.29) is 17.9 Å². The molecule has 0 radical (unpaired) electrons. The van der Waals surface area contributed by atoms with Crippen molar-refractivity contribution in [1.29, 1.82) is 0 Å². The molecule has 8 nitrogen and oxygen atoms in total. The smallest absolute Gasteiger partial charge is 0.410 e. The van der Waals surface area contributed by atoms with Crippen molar-refractivity contribution in [2.24, 2.45) is 0 Å². The average molecular weight is 444 g/mol. The summed E-state index contributed by atoms with van der Waals surface area (Å²) in [6, 6.07) is 8.41. The lowest BCUT2D eigenvalue weighted by atomic mass is 9.88. The first kappa shape index (κ1) is 22.6. The Kier molecular flexibility index (Phi) is 6.42. The first-order chi connectivity index (χ1) is 15.2. The number of piperidine rings is 2. The minimum absolute atomic E-state index is 0.219. The summed E-state index contributed by atoms with van der Waals surface area (Å²) < 4.78 is 11.2. The highest BCUT2D eigenvalue weighted by Gasteiger charge is 2.38. The molecule has 174 valence electrons. The van der Waals surface area contributed by atoms with Gasteiger partial charge in [-0.15, -0.1) is 0 Å². The van der Waals surface area contributed by atoms with Crippen LogP contribution in [-0.4, -0.2) is 71.6 Å². The molecule has 0 spiro atoms. The van der Waals surface area contributed by atoms with Gasteiger partial charge in [0.1, 0.15) is 11.4 Å². The van der Waals surface area contributed by atoms with Crippen molar-refractivity contribution in [3.63, 3.8) is 0 Å². The van der Waals surface area contributed by atoms with Gasteiger partial charge < -0.3 is 14.4 Å². The van der Waals surface area contributed by atoms with Gasteiger partial charge in [-0.25, -0.2) is 4.79 Å². The topological polar surface area (TPSA) is 88.2 Å². The van der Waals surface area contributed by atoms with Crippen LogP contribution in [0.2, 0.25) is 0 Å². The van der Waals surface area contributed by atoms with Crippen LogP contribution in [0.1, 0.15) is 57.9 Å². The van der Waals surface area contributed by atoms with Crippen LogP contribution < -0.4 is 10.1 Å². The van der Waals surface area contributed by atoms with E-state index in [2.05, 4.69) is 22.3 Å². The van der Waals surface area contributed by atoms with Gasteiger partial charge in [-0.05, 0) is 70.3 Å². The van der Waals surface area contributed by atoms with Crippen molar-refractivity contribution in [1.82, 2.24) is 15.1 Å². The number of amides is 3. The highest BCUT2D eigenvalue weighted by atomic mass is 16.6. The lowest BCUT2D eigenvalue weighted by Crippen LogP contribution is -2.62. The predicted molar refractivity (Wildman–Crippen MR) is 118 cm³/mol. The third-order valence-electron chi connectivity index (χ3n) is 6.38. The zero-order chi connectivity index (χ0) is 22.9. The molecule has 3 fully saturated rings. The summed E-state index contributed by atoms with van der Waals surface area (Å²) in [7, 11) is 0. The lowest BCUT2D eigenvalue weighted by Gasteiger charge is -2.47. The number of carbonyl (C=O) groups excluding carboxylic acids is 3. The van der Waals surface area contributed by atoms with Crippen molar-refractivity contribution in [3.8, 4) is 5.75 Å². The first-order valence-electron chi connectivity index (χ1n) is 11.5. The lowest BCUT2D eigenvalue weighted by molar-refractivity contribution is -0.138. The number of likely N-dealkylation sites (tertiary alicyclic amines) is 2. The number of nitrogens with one attached hydrogen (secondary N) is 1. The van der Waals surface area contributed by atoms with Crippen LogP contribution >= 0.6 is 0 Å². The Morgan fingerprint density at radius 2 is 1.69 bits per heavy atom. The molecule has 3 aliphatic rings. The normalized spacial score (nSPS) is 23.5. The van der Waals surface area contributed by atoms with Crippen LogP contribution in [0.25, 0.3) is 0 Å². The SMILES string of the molecule is CC(C)(C)OC(=O)N1CC(N2CCC(c3ccc(OC4CCC(=O)NC4=O)cc3)CC2)C1. The highest BCUT2D eigenvalue weighted by Crippen LogP contribution is 2.32. The summed E-state index contributed by atoms with van der Waals surface area (Å²) in [6.07, 6.45) is 2.06. The molecule has 1 unspecified atom stereocenters. The molecular weight excluding hydrogens is 410 g/mol. The zero-order valence-corrected chi connectivity index (χ0v) is 19.1. The van der Waals surface area contributed by atoms with Gasteiger partial charge in [-0.1, -0.05) is 12.1 Å². The monoisotopic (exact) mass is 443 g/mol. The van der Waals surface area contributed by atoms with Crippen molar-refractivity contribution in [2.45, 2.75) is 70.1 Å². The summed E-state index contributed by atoms with van der Waals surface area (Å²) in [5, 5.41) is 2.32. The maximum absolute atomic E-state index is 12.1. The molecule has 32 heavy (non-hydrogen) atoms. The Hall–Kier alpha value is -2.61. The summed E-state index contributed by atoms with van der Waals surface area (Å²) in [4.78, 5) is 39.5. The molecule has 1 N–H and O–H groups in total. The number of hydrogen-bond donors (Lipinski definition) is 1. The maximum atomic E-state index is 12.1. The second-order valence-electron chi connectivity index (χ2n) is 9.98. The molecule has 1 aromatic carbocycles. The molecule has 3 aliphatic heterocycles. The number of ether oxygens (including phenoxy) is 2. The molecule has 3 saturated heterocycles. The van der Waals surface area contributed by atoms with Crippen molar-refractivity contribution in [2.75, 3.05) is 26.2 Å². The van der Waals surface area contributed by atoms with E-state index >= 15 is 0 Å². The van der Waals surface area contributed by atoms with E-state index in [1.54, 1.807) is 4.90 Å². The molecule has 3 heterocycles. The number of hydrogen-bond acceptors (Lipinski definition) is 6. The quantitative estimate of drug-likeness (QED) is 0.720. The van der Waals surface area contributed by atoms with Crippen LogP contribution in [0.15, 0.2) is 24.3 Å². The Balaban J connectivity index is 1.22. The summed E-state index contributed by atoms with van der Waals surface area (Å²) in [5.74, 6) is 0.547. The molecule has 0 saturated carbocycles. The van der Waals surface area contributed by atoms with Crippen molar-refractivity contribution in [3.05, 3.63) is 29.8 Å². The third-order valence-corrected chi connectivity index (χ3v) is 6.38. The highest BCUT2D eigenvalue weighted by molar-refractivity contribution is 5.99. The van der Waals surface area contributed by atoms with Gasteiger partial charge in [0.15, 0.2) is 6.10 Å². The predicted octanol–water partition coefficient (Wildman–Crippen LogP) is 2.67. The van der Waals surface area contributed by atoms with Crippen LogP contribution in [0.5, 0.6) is 5.75 Å². The van der Waals surface area contributed by atoms with Crippen LogP contribution in [-0.2, 0) is 14.3 Å². The Morgan fingerprint density at radius 3 is 2.28 bits per heavy atom. The van der Waals surface area contributed by atoms with E-state index < -0.39 is 11.7 Å². The van der Waals surface area contributed by atoms with Gasteiger partial charge >= 0.3 is 6.09 Å². The van der Waals surface area contributed by atoms with E-state index in [1.807, 2.05) is 32.9 Å². The second-order valence-corrected chi connectivity index (χ2v) is 9.98. The Labute approximate surface area is 189 Å². The molecule has 0 aliphatic carbocycles. The summed E-state index contributed by atoms with van der Waals surface area (Å²) >= 11 is 0. The molecule has 0 bridgehead atoms. The maximum Gasteiger partial charge on any atom is 0.410 e. The minimum atomic E-state index is -0.607. The van der Waals surface area contributed by atoms with E-state index in [9.17, 15) is 14.4 Å². The fourth-order valence-electron chi connectivity index (χ4n) is 4.53. The van der Waals surface area contributed by atoms with Crippen molar-refractivity contribution < 1.29 is 23.9 Å². The number of carbonyl (C=O) groups is 3. The van der Waals surface area contributed by atoms with Crippen LogP contribution in [0.3, 0.4) is 0 Å². The van der Waals surface area contributed by atoms with Crippen molar-refractivity contribution >= 4 is 17.9 Å². The van der Waals surface area contributed by atoms with Gasteiger partial charge in [0.05, 0.1) is 0 Å². The molecule has 0 aromatic heterocycles. The van der Waals surface area contributed by atoms with Gasteiger partial charge in [-0.3, -0.25) is 19.8 Å². The second kappa shape index (κ2) is 9.10. The third kappa shape index (κ3) is 5.41. The van der Waals surface area contributed by atoms with Gasteiger partial charge in [-0.2, -0.15) is 0 Å². The number of rotatable bonds is 4. The molecule has 1 atom stereocenters. The zero-order valence-electron chi connectivity index (χ0n) is 19.1.